The zero-order chi connectivity index (χ0) is 13.2. The SMILES string of the molecule is CCC(=O)C1CCN(c2c[nH]c3ccccc23)CC1. The molecule has 3 heteroatoms. The van der Waals surface area contributed by atoms with Crippen LogP contribution in [0.15, 0.2) is 30.5 Å². The molecule has 0 aliphatic carbocycles. The first-order valence-electron chi connectivity index (χ1n) is 7.13. The van der Waals surface area contributed by atoms with Crippen LogP contribution in [0.2, 0.25) is 0 Å². The topological polar surface area (TPSA) is 36.1 Å². The van der Waals surface area contributed by atoms with Crippen molar-refractivity contribution in [2.24, 2.45) is 5.92 Å². The summed E-state index contributed by atoms with van der Waals surface area (Å²) in [7, 11) is 0. The van der Waals surface area contributed by atoms with Crippen molar-refractivity contribution in [1.29, 1.82) is 0 Å². The molecule has 1 aliphatic heterocycles. The summed E-state index contributed by atoms with van der Waals surface area (Å²) in [5.41, 5.74) is 2.46. The lowest BCUT2D eigenvalue weighted by molar-refractivity contribution is -0.123. The lowest BCUT2D eigenvalue weighted by atomic mass is 9.91. The molecule has 0 atom stereocenters. The van der Waals surface area contributed by atoms with E-state index < -0.39 is 0 Å². The summed E-state index contributed by atoms with van der Waals surface area (Å²) in [5, 5.41) is 1.28. The summed E-state index contributed by atoms with van der Waals surface area (Å²) in [4.78, 5) is 17.5. The molecule has 0 saturated carbocycles. The monoisotopic (exact) mass is 256 g/mol. The third-order valence-corrected chi connectivity index (χ3v) is 4.21. The minimum Gasteiger partial charge on any atom is -0.370 e. The Morgan fingerprint density at radius 1 is 1.32 bits per heavy atom. The lowest BCUT2D eigenvalue weighted by Gasteiger charge is -2.32. The number of carbonyl (C=O) groups is 1. The Morgan fingerprint density at radius 2 is 2.05 bits per heavy atom. The molecule has 3 nitrogen and oxygen atoms in total. The number of Topliss-reactive ketones (excluding diaryl/α,β-unsaturated/α-hetero) is 1. The van der Waals surface area contributed by atoms with Gasteiger partial charge in [-0.25, -0.2) is 0 Å². The maximum atomic E-state index is 11.7. The highest BCUT2D eigenvalue weighted by molar-refractivity contribution is 5.93. The van der Waals surface area contributed by atoms with Crippen LogP contribution >= 0.6 is 0 Å². The van der Waals surface area contributed by atoms with Crippen molar-refractivity contribution < 1.29 is 4.79 Å². The van der Waals surface area contributed by atoms with Crippen molar-refractivity contribution in [2.45, 2.75) is 26.2 Å². The largest absolute Gasteiger partial charge is 0.370 e. The summed E-state index contributed by atoms with van der Waals surface area (Å²) in [6.45, 7) is 3.94. The van der Waals surface area contributed by atoms with Gasteiger partial charge >= 0.3 is 0 Å². The van der Waals surface area contributed by atoms with Crippen LogP contribution < -0.4 is 4.90 Å². The maximum Gasteiger partial charge on any atom is 0.135 e. The van der Waals surface area contributed by atoms with Gasteiger partial charge in [0.15, 0.2) is 0 Å². The predicted octanol–water partition coefficient (Wildman–Crippen LogP) is 3.36. The normalized spacial score (nSPS) is 17.0. The average molecular weight is 256 g/mol. The van der Waals surface area contributed by atoms with Gasteiger partial charge in [0.05, 0.1) is 5.69 Å². The fourth-order valence-corrected chi connectivity index (χ4v) is 3.05. The van der Waals surface area contributed by atoms with Crippen molar-refractivity contribution in [2.75, 3.05) is 18.0 Å². The van der Waals surface area contributed by atoms with Gasteiger partial charge in [0.1, 0.15) is 5.78 Å². The van der Waals surface area contributed by atoms with E-state index in [1.54, 1.807) is 0 Å². The van der Waals surface area contributed by atoms with Crippen LogP contribution in [0.3, 0.4) is 0 Å². The highest BCUT2D eigenvalue weighted by atomic mass is 16.1. The molecule has 0 bridgehead atoms. The number of anilines is 1. The summed E-state index contributed by atoms with van der Waals surface area (Å²) in [6.07, 6.45) is 4.75. The zero-order valence-corrected chi connectivity index (χ0v) is 11.4. The molecule has 0 radical (unpaired) electrons. The molecule has 0 spiro atoms. The maximum absolute atomic E-state index is 11.7. The van der Waals surface area contributed by atoms with Crippen LogP contribution in [0.1, 0.15) is 26.2 Å². The molecular formula is C16H20N2O. The van der Waals surface area contributed by atoms with Crippen molar-refractivity contribution in [3.8, 4) is 0 Å². The van der Waals surface area contributed by atoms with Crippen LogP contribution in [0.5, 0.6) is 0 Å². The Labute approximate surface area is 113 Å². The number of H-pyrrole nitrogens is 1. The molecule has 1 aliphatic rings. The van der Waals surface area contributed by atoms with Crippen LogP contribution in [-0.4, -0.2) is 23.9 Å². The third-order valence-electron chi connectivity index (χ3n) is 4.21. The minimum absolute atomic E-state index is 0.284. The zero-order valence-electron chi connectivity index (χ0n) is 11.4. The quantitative estimate of drug-likeness (QED) is 0.914. The van der Waals surface area contributed by atoms with E-state index in [-0.39, 0.29) is 5.92 Å². The molecule has 1 saturated heterocycles. The second-order valence-electron chi connectivity index (χ2n) is 5.30. The van der Waals surface area contributed by atoms with Crippen molar-refractivity contribution >= 4 is 22.4 Å². The standard InChI is InChI=1S/C16H20N2O/c1-2-16(19)12-7-9-18(10-8-12)15-11-17-14-6-4-3-5-13(14)15/h3-6,11-12,17H,2,7-10H2,1H3. The Morgan fingerprint density at radius 3 is 2.79 bits per heavy atom. The summed E-state index contributed by atoms with van der Waals surface area (Å²) in [6, 6.07) is 8.39. The van der Waals surface area contributed by atoms with E-state index in [4.69, 9.17) is 0 Å². The van der Waals surface area contributed by atoms with E-state index in [9.17, 15) is 4.79 Å². The number of aromatic amines is 1. The van der Waals surface area contributed by atoms with Gasteiger partial charge in [0.25, 0.3) is 0 Å². The number of para-hydroxylation sites is 1. The average Bonchev–Trinajstić information content (AvgIpc) is 2.90. The first-order chi connectivity index (χ1) is 9.29. The Hall–Kier alpha value is -1.77. The molecular weight excluding hydrogens is 236 g/mol. The summed E-state index contributed by atoms with van der Waals surface area (Å²) >= 11 is 0. The first kappa shape index (κ1) is 12.3. The van der Waals surface area contributed by atoms with Crippen molar-refractivity contribution in [3.05, 3.63) is 30.5 Å². The number of piperidine rings is 1. The van der Waals surface area contributed by atoms with Crippen LogP contribution in [0.25, 0.3) is 10.9 Å². The molecule has 2 heterocycles. The Bertz CT molecular complexity index is 579. The van der Waals surface area contributed by atoms with Crippen molar-refractivity contribution in [3.63, 3.8) is 0 Å². The summed E-state index contributed by atoms with van der Waals surface area (Å²) < 4.78 is 0. The molecule has 1 aromatic heterocycles. The fourth-order valence-electron chi connectivity index (χ4n) is 3.05. The van der Waals surface area contributed by atoms with E-state index >= 15 is 0 Å². The number of ketones is 1. The predicted molar refractivity (Wildman–Crippen MR) is 78.5 cm³/mol. The van der Waals surface area contributed by atoms with E-state index in [2.05, 4.69) is 40.3 Å². The number of fused-ring (bicyclic) bond motifs is 1. The van der Waals surface area contributed by atoms with Crippen LogP contribution in [-0.2, 0) is 4.79 Å². The molecule has 0 amide bonds. The number of aromatic nitrogens is 1. The van der Waals surface area contributed by atoms with Gasteiger partial charge in [-0.05, 0) is 18.9 Å². The van der Waals surface area contributed by atoms with Gasteiger partial charge in [-0.2, -0.15) is 0 Å². The van der Waals surface area contributed by atoms with Gasteiger partial charge in [-0.3, -0.25) is 4.79 Å². The highest BCUT2D eigenvalue weighted by Crippen LogP contribution is 2.30. The molecule has 1 fully saturated rings. The van der Waals surface area contributed by atoms with Gasteiger partial charge in [0, 0.05) is 42.5 Å². The van der Waals surface area contributed by atoms with Crippen molar-refractivity contribution in [1.82, 2.24) is 4.98 Å². The summed E-state index contributed by atoms with van der Waals surface area (Å²) in [5.74, 6) is 0.713. The molecule has 3 rings (SSSR count). The van der Waals surface area contributed by atoms with Crippen LogP contribution in [0, 0.1) is 5.92 Å². The molecule has 1 aromatic carbocycles. The van der Waals surface area contributed by atoms with Gasteiger partial charge in [-0.15, -0.1) is 0 Å². The van der Waals surface area contributed by atoms with Gasteiger partial charge in [0.2, 0.25) is 0 Å². The number of nitrogens with one attached hydrogen (secondary N) is 1. The molecule has 2 aromatic rings. The number of hydrogen-bond donors (Lipinski definition) is 1. The Kier molecular flexibility index (Phi) is 3.28. The third kappa shape index (κ3) is 2.25. The van der Waals surface area contributed by atoms with E-state index in [1.165, 1.54) is 16.6 Å². The number of rotatable bonds is 3. The molecule has 1 N–H and O–H groups in total. The number of nitrogens with zero attached hydrogens (tertiary/aromatic N) is 1. The highest BCUT2D eigenvalue weighted by Gasteiger charge is 2.24. The Balaban J connectivity index is 1.77. The molecule has 0 unspecified atom stereocenters. The van der Waals surface area contributed by atoms with E-state index in [0.29, 0.717) is 12.2 Å². The van der Waals surface area contributed by atoms with Gasteiger partial charge < -0.3 is 9.88 Å². The second kappa shape index (κ2) is 5.08. The smallest absolute Gasteiger partial charge is 0.135 e. The number of carbonyl (C=O) groups excluding carboxylic acids is 1. The lowest BCUT2D eigenvalue weighted by Crippen LogP contribution is -2.36. The van der Waals surface area contributed by atoms with Crippen LogP contribution in [0.4, 0.5) is 5.69 Å². The number of hydrogen-bond acceptors (Lipinski definition) is 2. The van der Waals surface area contributed by atoms with E-state index in [1.807, 2.05) is 6.92 Å². The molecule has 100 valence electrons. The number of benzene rings is 1. The van der Waals surface area contributed by atoms with E-state index in [0.717, 1.165) is 25.9 Å². The molecule has 19 heavy (non-hydrogen) atoms. The first-order valence-corrected chi connectivity index (χ1v) is 7.13. The minimum atomic E-state index is 0.284. The van der Waals surface area contributed by atoms with Gasteiger partial charge in [-0.1, -0.05) is 25.1 Å². The second-order valence-corrected chi connectivity index (χ2v) is 5.30. The fraction of sp³-hybridized carbons (Fsp3) is 0.438.